The average molecular weight is 466 g/mol. The first kappa shape index (κ1) is 25.1. The summed E-state index contributed by atoms with van der Waals surface area (Å²) >= 11 is 0. The van der Waals surface area contributed by atoms with Crippen LogP contribution in [0.5, 0.6) is 0 Å². The lowest BCUT2D eigenvalue weighted by atomic mass is 9.92. The number of amides is 2. The fourth-order valence-corrected chi connectivity index (χ4v) is 4.95. The molecule has 1 saturated carbocycles. The monoisotopic (exact) mass is 465 g/mol. The third-order valence-electron chi connectivity index (χ3n) is 6.47. The van der Waals surface area contributed by atoms with E-state index in [0.717, 1.165) is 45.1 Å². The van der Waals surface area contributed by atoms with Crippen LogP contribution in [0.1, 0.15) is 50.8 Å². The first-order valence-corrected chi connectivity index (χ1v) is 11.7. The molecule has 0 aromatic carbocycles. The normalized spacial score (nSPS) is 19.7. The molecule has 3 N–H and O–H groups in total. The fraction of sp³-hybridized carbons (Fsp3) is 0.727. The molecule has 1 aromatic heterocycles. The van der Waals surface area contributed by atoms with Crippen LogP contribution in [0, 0.1) is 24.6 Å². The summed E-state index contributed by atoms with van der Waals surface area (Å²) in [7, 11) is 3.97. The average Bonchev–Trinajstić information content (AvgIpc) is 3.45. The maximum Gasteiger partial charge on any atom is 0.243 e. The van der Waals surface area contributed by atoms with Crippen LogP contribution >= 0.6 is 0 Å². The molecule has 33 heavy (non-hydrogen) atoms. The lowest BCUT2D eigenvalue weighted by Gasteiger charge is -2.29. The number of rotatable bonds is 11. The minimum Gasteiger partial charge on any atom is -0.350 e. The predicted molar refractivity (Wildman–Crippen MR) is 122 cm³/mol. The van der Waals surface area contributed by atoms with Crippen molar-refractivity contribution in [2.75, 3.05) is 44.1 Å². The molecule has 0 unspecified atom stereocenters. The van der Waals surface area contributed by atoms with Crippen molar-refractivity contribution in [3.05, 3.63) is 11.6 Å². The van der Waals surface area contributed by atoms with Crippen molar-refractivity contribution < 1.29 is 19.2 Å². The van der Waals surface area contributed by atoms with Gasteiger partial charge in [0.15, 0.2) is 11.6 Å². The molecule has 2 amide bonds. The van der Waals surface area contributed by atoms with E-state index in [1.54, 1.807) is 6.92 Å². The number of likely N-dealkylation sites (N-methyl/N-ethyl adjacent to an activating group) is 1. The molecule has 2 heterocycles. The summed E-state index contributed by atoms with van der Waals surface area (Å²) in [5, 5.41) is 10.1. The molecule has 11 heteroatoms. The molecular formula is C22H36FN7O3. The largest absolute Gasteiger partial charge is 0.350 e. The zero-order valence-electron chi connectivity index (χ0n) is 19.8. The number of hydrogen-bond donors (Lipinski definition) is 3. The molecular weight excluding hydrogens is 429 g/mol. The zero-order chi connectivity index (χ0) is 24.0. The Bertz CT molecular complexity index is 819. The van der Waals surface area contributed by atoms with Crippen molar-refractivity contribution in [2.45, 2.75) is 57.9 Å². The van der Waals surface area contributed by atoms with Gasteiger partial charge in [-0.05, 0) is 46.2 Å². The number of halogens is 1. The molecule has 1 aromatic rings. The van der Waals surface area contributed by atoms with Crippen molar-refractivity contribution in [3.8, 4) is 0 Å². The van der Waals surface area contributed by atoms with Gasteiger partial charge in [0.05, 0.1) is 12.5 Å². The minimum atomic E-state index is -0.621. The number of aromatic nitrogens is 2. The Morgan fingerprint density at radius 3 is 2.67 bits per heavy atom. The van der Waals surface area contributed by atoms with E-state index < -0.39 is 17.6 Å². The van der Waals surface area contributed by atoms with Gasteiger partial charge in [-0.25, -0.2) is 15.0 Å². The minimum absolute atomic E-state index is 0.0998. The van der Waals surface area contributed by atoms with Crippen LogP contribution in [0.4, 0.5) is 16.0 Å². The molecule has 0 spiro atoms. The third kappa shape index (κ3) is 6.73. The summed E-state index contributed by atoms with van der Waals surface area (Å²) in [6, 6.07) is 0.154. The highest BCUT2D eigenvalue weighted by Crippen LogP contribution is 2.31. The molecule has 3 rings (SSSR count). The highest BCUT2D eigenvalue weighted by Gasteiger charge is 2.31. The number of hydrazine groups is 1. The van der Waals surface area contributed by atoms with Gasteiger partial charge < -0.3 is 9.80 Å². The quantitative estimate of drug-likeness (QED) is 0.258. The predicted octanol–water partition coefficient (Wildman–Crippen LogP) is 1.94. The molecule has 0 radical (unpaired) electrons. The number of nitrogens with zero attached hydrogens (tertiary/aromatic N) is 5. The molecule has 2 aliphatic rings. The molecule has 0 bridgehead atoms. The van der Waals surface area contributed by atoms with Crippen LogP contribution in [-0.4, -0.2) is 77.2 Å². The summed E-state index contributed by atoms with van der Waals surface area (Å²) in [6.45, 7) is 3.06. The van der Waals surface area contributed by atoms with Crippen LogP contribution in [0.2, 0.25) is 0 Å². The van der Waals surface area contributed by atoms with Crippen molar-refractivity contribution in [1.29, 1.82) is 0 Å². The first-order valence-electron chi connectivity index (χ1n) is 11.7. The number of anilines is 2. The van der Waals surface area contributed by atoms with Crippen LogP contribution in [0.3, 0.4) is 0 Å². The Morgan fingerprint density at radius 1 is 1.27 bits per heavy atom. The van der Waals surface area contributed by atoms with Crippen molar-refractivity contribution >= 4 is 24.0 Å². The van der Waals surface area contributed by atoms with E-state index in [-0.39, 0.29) is 30.6 Å². The summed E-state index contributed by atoms with van der Waals surface area (Å²) in [5.41, 5.74) is 5.15. The van der Waals surface area contributed by atoms with Crippen LogP contribution in [0.15, 0.2) is 0 Å². The summed E-state index contributed by atoms with van der Waals surface area (Å²) in [4.78, 5) is 36.2. The van der Waals surface area contributed by atoms with Crippen molar-refractivity contribution in [2.24, 2.45) is 11.8 Å². The van der Waals surface area contributed by atoms with Crippen LogP contribution in [-0.2, 0) is 9.59 Å². The second-order valence-electron chi connectivity index (χ2n) is 9.43. The smallest absolute Gasteiger partial charge is 0.243 e. The molecule has 2 fully saturated rings. The van der Waals surface area contributed by atoms with Gasteiger partial charge in [-0.3, -0.25) is 25.6 Å². The van der Waals surface area contributed by atoms with Crippen molar-refractivity contribution in [1.82, 2.24) is 25.4 Å². The molecule has 2 atom stereocenters. The van der Waals surface area contributed by atoms with Gasteiger partial charge in [0.2, 0.25) is 18.1 Å². The number of aryl methyl sites for hydroxylation is 1. The standard InChI is InChI=1S/C22H36FN7O3/c1-15-24-20(19(23)21(25-15)30-10-6-9-18(30)13-28(2)3)26-27-22(32)17(12-29(33)14-31)11-16-7-4-5-8-16/h14,16-18,33H,4-13H2,1-3H3,(H,27,32)(H,24,25,26)/t17-,18+/m1/s1. The SMILES string of the molecule is Cc1nc(NNC(=O)[C@H](CC2CCCC2)CN(O)C=O)c(F)c(N2CCC[C@H]2CN(C)C)n1. The van der Waals surface area contributed by atoms with E-state index in [4.69, 9.17) is 0 Å². The Labute approximate surface area is 194 Å². The van der Waals surface area contributed by atoms with Gasteiger partial charge in [0, 0.05) is 19.1 Å². The van der Waals surface area contributed by atoms with Gasteiger partial charge >= 0.3 is 0 Å². The lowest BCUT2D eigenvalue weighted by molar-refractivity contribution is -0.154. The van der Waals surface area contributed by atoms with E-state index >= 15 is 4.39 Å². The number of hydroxylamine groups is 2. The van der Waals surface area contributed by atoms with E-state index in [9.17, 15) is 14.8 Å². The van der Waals surface area contributed by atoms with Gasteiger partial charge in [-0.2, -0.15) is 4.39 Å². The van der Waals surface area contributed by atoms with Gasteiger partial charge in [-0.1, -0.05) is 25.7 Å². The van der Waals surface area contributed by atoms with Crippen LogP contribution < -0.4 is 15.8 Å². The molecule has 1 saturated heterocycles. The lowest BCUT2D eigenvalue weighted by Crippen LogP contribution is -2.41. The number of carbonyl (C=O) groups excluding carboxylic acids is 2. The number of hydrogen-bond acceptors (Lipinski definition) is 8. The maximum atomic E-state index is 15.4. The molecule has 1 aliphatic carbocycles. The molecule has 184 valence electrons. The first-order chi connectivity index (χ1) is 15.8. The Balaban J connectivity index is 1.71. The highest BCUT2D eigenvalue weighted by molar-refractivity contribution is 5.80. The summed E-state index contributed by atoms with van der Waals surface area (Å²) in [6.07, 6.45) is 7.03. The Morgan fingerprint density at radius 2 is 2.00 bits per heavy atom. The van der Waals surface area contributed by atoms with E-state index in [1.165, 1.54) is 0 Å². The highest BCUT2D eigenvalue weighted by atomic mass is 19.1. The summed E-state index contributed by atoms with van der Waals surface area (Å²) < 4.78 is 15.4. The van der Waals surface area contributed by atoms with Crippen LogP contribution in [0.25, 0.3) is 0 Å². The van der Waals surface area contributed by atoms with E-state index in [2.05, 4.69) is 25.7 Å². The van der Waals surface area contributed by atoms with E-state index in [0.29, 0.717) is 29.8 Å². The Hall–Kier alpha value is -2.53. The molecule has 10 nitrogen and oxygen atoms in total. The van der Waals surface area contributed by atoms with Gasteiger partial charge in [-0.15, -0.1) is 0 Å². The maximum absolute atomic E-state index is 15.4. The van der Waals surface area contributed by atoms with Crippen molar-refractivity contribution in [3.63, 3.8) is 0 Å². The number of carbonyl (C=O) groups is 2. The summed E-state index contributed by atoms with van der Waals surface area (Å²) in [5.74, 6) is -0.768. The Kier molecular flexibility index (Phi) is 8.79. The second-order valence-corrected chi connectivity index (χ2v) is 9.43. The topological polar surface area (TPSA) is 114 Å². The fourth-order valence-electron chi connectivity index (χ4n) is 4.95. The molecule has 1 aliphatic heterocycles. The second kappa shape index (κ2) is 11.6. The zero-order valence-corrected chi connectivity index (χ0v) is 19.8. The van der Waals surface area contributed by atoms with Gasteiger partial charge in [0.1, 0.15) is 5.82 Å². The van der Waals surface area contributed by atoms with Gasteiger partial charge in [0.25, 0.3) is 0 Å². The third-order valence-corrected chi connectivity index (χ3v) is 6.47. The number of nitrogens with one attached hydrogen (secondary N) is 2. The van der Waals surface area contributed by atoms with E-state index in [1.807, 2.05) is 19.0 Å².